The standard InChI is InChI=1S/C23H28N4O3S/c1-4-29-23(28)20-16(2)19-21(24-17(3)25-22(19)31-20)27-12-10-26(11-13-27)14-15-30-18-8-6-5-7-9-18/h5-9H,4,10-15H2,1-3H3. The van der Waals surface area contributed by atoms with Crippen molar-refractivity contribution in [1.29, 1.82) is 0 Å². The second-order valence-corrected chi connectivity index (χ2v) is 8.54. The molecule has 31 heavy (non-hydrogen) atoms. The Hall–Kier alpha value is -2.71. The number of benzene rings is 1. The molecule has 0 spiro atoms. The van der Waals surface area contributed by atoms with Crippen LogP contribution < -0.4 is 9.64 Å². The van der Waals surface area contributed by atoms with E-state index in [0.717, 1.165) is 65.9 Å². The maximum Gasteiger partial charge on any atom is 0.348 e. The molecule has 1 aliphatic heterocycles. The summed E-state index contributed by atoms with van der Waals surface area (Å²) in [6, 6.07) is 9.92. The first kappa shape index (κ1) is 21.5. The highest BCUT2D eigenvalue weighted by Crippen LogP contribution is 2.36. The summed E-state index contributed by atoms with van der Waals surface area (Å²) >= 11 is 1.39. The largest absolute Gasteiger partial charge is 0.492 e. The van der Waals surface area contributed by atoms with E-state index in [2.05, 4.69) is 14.8 Å². The van der Waals surface area contributed by atoms with Gasteiger partial charge in [0.15, 0.2) is 0 Å². The minimum Gasteiger partial charge on any atom is -0.492 e. The van der Waals surface area contributed by atoms with Gasteiger partial charge in [-0.1, -0.05) is 18.2 Å². The molecule has 7 nitrogen and oxygen atoms in total. The van der Waals surface area contributed by atoms with Crippen LogP contribution in [0.4, 0.5) is 5.82 Å². The molecule has 0 atom stereocenters. The van der Waals surface area contributed by atoms with Crippen LogP contribution in [0.3, 0.4) is 0 Å². The van der Waals surface area contributed by atoms with Crippen LogP contribution in [0.25, 0.3) is 10.2 Å². The fourth-order valence-corrected chi connectivity index (χ4v) is 4.95. The van der Waals surface area contributed by atoms with Gasteiger partial charge in [-0.3, -0.25) is 4.90 Å². The van der Waals surface area contributed by atoms with Gasteiger partial charge in [0.1, 0.15) is 33.7 Å². The predicted octanol–water partition coefficient (Wildman–Crippen LogP) is 3.69. The number of carbonyl (C=O) groups excluding carboxylic acids is 1. The van der Waals surface area contributed by atoms with Crippen LogP contribution in [0.15, 0.2) is 30.3 Å². The first-order chi connectivity index (χ1) is 15.1. The molecule has 0 aliphatic carbocycles. The van der Waals surface area contributed by atoms with Gasteiger partial charge in [0.05, 0.1) is 12.0 Å². The summed E-state index contributed by atoms with van der Waals surface area (Å²) < 4.78 is 11.1. The number of piperazine rings is 1. The van der Waals surface area contributed by atoms with E-state index in [1.165, 1.54) is 11.3 Å². The van der Waals surface area contributed by atoms with E-state index < -0.39 is 0 Å². The lowest BCUT2D eigenvalue weighted by molar-refractivity contribution is 0.0531. The van der Waals surface area contributed by atoms with Crippen molar-refractivity contribution in [2.75, 3.05) is 50.8 Å². The van der Waals surface area contributed by atoms with E-state index >= 15 is 0 Å². The summed E-state index contributed by atoms with van der Waals surface area (Å²) in [5.41, 5.74) is 0.909. The number of anilines is 1. The highest BCUT2D eigenvalue weighted by Gasteiger charge is 2.25. The van der Waals surface area contributed by atoms with Crippen LogP contribution in [-0.4, -0.2) is 66.8 Å². The average Bonchev–Trinajstić information content (AvgIpc) is 3.11. The third-order valence-electron chi connectivity index (χ3n) is 5.43. The van der Waals surface area contributed by atoms with Gasteiger partial charge in [-0.2, -0.15) is 0 Å². The number of hydrogen-bond donors (Lipinski definition) is 0. The Bertz CT molecular complexity index is 1050. The Labute approximate surface area is 186 Å². The van der Waals surface area contributed by atoms with Gasteiger partial charge in [0, 0.05) is 32.7 Å². The van der Waals surface area contributed by atoms with E-state index in [0.29, 0.717) is 18.1 Å². The zero-order valence-corrected chi connectivity index (χ0v) is 19.1. The van der Waals surface area contributed by atoms with Crippen molar-refractivity contribution in [1.82, 2.24) is 14.9 Å². The van der Waals surface area contributed by atoms with Crippen molar-refractivity contribution in [3.63, 3.8) is 0 Å². The van der Waals surface area contributed by atoms with Gasteiger partial charge < -0.3 is 14.4 Å². The van der Waals surface area contributed by atoms with Gasteiger partial charge in [0.2, 0.25) is 0 Å². The van der Waals surface area contributed by atoms with Crippen molar-refractivity contribution in [3.8, 4) is 5.75 Å². The highest BCUT2D eigenvalue weighted by atomic mass is 32.1. The molecule has 1 saturated heterocycles. The molecule has 2 aromatic heterocycles. The molecular weight excluding hydrogens is 412 g/mol. The second kappa shape index (κ2) is 9.62. The van der Waals surface area contributed by atoms with Crippen molar-refractivity contribution in [3.05, 3.63) is 46.6 Å². The fraction of sp³-hybridized carbons (Fsp3) is 0.435. The van der Waals surface area contributed by atoms with E-state index in [4.69, 9.17) is 14.5 Å². The molecule has 0 radical (unpaired) electrons. The number of aromatic nitrogens is 2. The van der Waals surface area contributed by atoms with Crippen LogP contribution in [0, 0.1) is 13.8 Å². The lowest BCUT2D eigenvalue weighted by Crippen LogP contribution is -2.47. The molecule has 3 heterocycles. The van der Waals surface area contributed by atoms with E-state index in [1.807, 2.05) is 51.1 Å². The molecule has 1 fully saturated rings. The Balaban J connectivity index is 1.44. The maximum atomic E-state index is 12.4. The molecule has 0 saturated carbocycles. The van der Waals surface area contributed by atoms with Crippen LogP contribution in [0.5, 0.6) is 5.75 Å². The molecule has 8 heteroatoms. The molecule has 1 aliphatic rings. The fourth-order valence-electron chi connectivity index (χ4n) is 3.83. The van der Waals surface area contributed by atoms with Crippen molar-refractivity contribution < 1.29 is 14.3 Å². The van der Waals surface area contributed by atoms with Gasteiger partial charge in [-0.25, -0.2) is 14.8 Å². The number of thiophene rings is 1. The molecule has 4 rings (SSSR count). The quantitative estimate of drug-likeness (QED) is 0.519. The summed E-state index contributed by atoms with van der Waals surface area (Å²) in [7, 11) is 0. The SMILES string of the molecule is CCOC(=O)c1sc2nc(C)nc(N3CCN(CCOc4ccccc4)CC3)c2c1C. The number of hydrogen-bond acceptors (Lipinski definition) is 8. The molecule has 0 bridgehead atoms. The van der Waals surface area contributed by atoms with Crippen molar-refractivity contribution >= 4 is 33.3 Å². The molecular formula is C23H28N4O3S. The van der Waals surface area contributed by atoms with Gasteiger partial charge in [-0.15, -0.1) is 11.3 Å². The first-order valence-electron chi connectivity index (χ1n) is 10.7. The summed E-state index contributed by atoms with van der Waals surface area (Å²) in [6.45, 7) is 11.2. The number of ether oxygens (including phenoxy) is 2. The molecule has 3 aromatic rings. The van der Waals surface area contributed by atoms with Crippen molar-refractivity contribution in [2.24, 2.45) is 0 Å². The van der Waals surface area contributed by atoms with Gasteiger partial charge >= 0.3 is 5.97 Å². The number of rotatable bonds is 7. The number of esters is 1. The summed E-state index contributed by atoms with van der Waals surface area (Å²) in [5, 5.41) is 0.972. The lowest BCUT2D eigenvalue weighted by atomic mass is 10.2. The summed E-state index contributed by atoms with van der Waals surface area (Å²) in [4.78, 5) is 27.9. The molecule has 0 unspecified atom stereocenters. The minimum absolute atomic E-state index is 0.283. The predicted molar refractivity (Wildman–Crippen MR) is 123 cm³/mol. The minimum atomic E-state index is -0.283. The topological polar surface area (TPSA) is 67.8 Å². The molecule has 1 aromatic carbocycles. The third-order valence-corrected chi connectivity index (χ3v) is 6.60. The van der Waals surface area contributed by atoms with Gasteiger partial charge in [0.25, 0.3) is 0 Å². The molecule has 164 valence electrons. The number of nitrogens with zero attached hydrogens (tertiary/aromatic N) is 4. The lowest BCUT2D eigenvalue weighted by Gasteiger charge is -2.35. The Morgan fingerprint density at radius 1 is 1.10 bits per heavy atom. The average molecular weight is 441 g/mol. The van der Waals surface area contributed by atoms with Crippen LogP contribution in [-0.2, 0) is 4.74 Å². The zero-order valence-electron chi connectivity index (χ0n) is 18.3. The normalized spacial score (nSPS) is 14.7. The smallest absolute Gasteiger partial charge is 0.348 e. The zero-order chi connectivity index (χ0) is 21.8. The summed E-state index contributed by atoms with van der Waals surface area (Å²) in [5.74, 6) is 2.27. The van der Waals surface area contributed by atoms with Crippen LogP contribution in [0.2, 0.25) is 0 Å². The Morgan fingerprint density at radius 3 is 2.55 bits per heavy atom. The monoisotopic (exact) mass is 440 g/mol. The molecule has 0 N–H and O–H groups in total. The van der Waals surface area contributed by atoms with Crippen LogP contribution in [0.1, 0.15) is 28.0 Å². The van der Waals surface area contributed by atoms with Gasteiger partial charge in [-0.05, 0) is 38.5 Å². The van der Waals surface area contributed by atoms with Crippen LogP contribution >= 0.6 is 11.3 Å². The number of carbonyl (C=O) groups is 1. The number of fused-ring (bicyclic) bond motifs is 1. The first-order valence-corrected chi connectivity index (χ1v) is 11.5. The van der Waals surface area contributed by atoms with E-state index in [-0.39, 0.29) is 5.97 Å². The molecule has 0 amide bonds. The van der Waals surface area contributed by atoms with E-state index in [1.54, 1.807) is 0 Å². The Morgan fingerprint density at radius 2 is 1.84 bits per heavy atom. The summed E-state index contributed by atoms with van der Waals surface area (Å²) in [6.07, 6.45) is 0. The maximum absolute atomic E-state index is 12.4. The Kier molecular flexibility index (Phi) is 6.67. The highest BCUT2D eigenvalue weighted by molar-refractivity contribution is 7.20. The number of para-hydroxylation sites is 1. The third kappa shape index (κ3) is 4.80. The second-order valence-electron chi connectivity index (χ2n) is 7.54. The van der Waals surface area contributed by atoms with E-state index in [9.17, 15) is 4.79 Å². The van der Waals surface area contributed by atoms with Crippen molar-refractivity contribution in [2.45, 2.75) is 20.8 Å². The number of aryl methyl sites for hydroxylation is 2.